The van der Waals surface area contributed by atoms with Gasteiger partial charge in [-0.2, -0.15) is 0 Å². The van der Waals surface area contributed by atoms with Crippen molar-refractivity contribution in [2.45, 2.75) is 31.2 Å². The summed E-state index contributed by atoms with van der Waals surface area (Å²) in [6.07, 6.45) is -0.591. The van der Waals surface area contributed by atoms with Gasteiger partial charge in [-0.05, 0) is 30.7 Å². The quantitative estimate of drug-likeness (QED) is 0.542. The summed E-state index contributed by atoms with van der Waals surface area (Å²) in [6, 6.07) is 12.8. The molecule has 0 aliphatic carbocycles. The van der Waals surface area contributed by atoms with Crippen LogP contribution in [0.4, 0.5) is 4.39 Å². The van der Waals surface area contributed by atoms with Crippen LogP contribution in [0.15, 0.2) is 48.5 Å². The average molecular weight is 457 g/mol. The van der Waals surface area contributed by atoms with Crippen molar-refractivity contribution in [2.24, 2.45) is 0 Å². The predicted molar refractivity (Wildman–Crippen MR) is 120 cm³/mol. The maximum atomic E-state index is 14.9. The lowest BCUT2D eigenvalue weighted by atomic mass is 9.75. The van der Waals surface area contributed by atoms with E-state index in [4.69, 9.17) is 9.47 Å². The summed E-state index contributed by atoms with van der Waals surface area (Å²) in [5.41, 5.74) is -0.662. The molecule has 1 saturated heterocycles. The summed E-state index contributed by atoms with van der Waals surface area (Å²) in [5.74, 6) is -1.31. The van der Waals surface area contributed by atoms with Crippen LogP contribution in [0.25, 0.3) is 0 Å². The maximum Gasteiger partial charge on any atom is 0.241 e. The maximum absolute atomic E-state index is 14.9. The van der Waals surface area contributed by atoms with E-state index < -0.39 is 23.0 Å². The zero-order chi connectivity index (χ0) is 24.2. The first-order valence-corrected chi connectivity index (χ1v) is 10.7. The zero-order valence-electron chi connectivity index (χ0n) is 19.3. The second-order valence-corrected chi connectivity index (χ2v) is 8.21. The molecule has 0 spiro atoms. The van der Waals surface area contributed by atoms with E-state index in [9.17, 15) is 18.8 Å². The number of nitrogens with zero attached hydrogens (tertiary/aromatic N) is 2. The molecule has 0 N–H and O–H groups in total. The van der Waals surface area contributed by atoms with Crippen LogP contribution >= 0.6 is 0 Å². The number of carbonyl (C=O) groups excluding carboxylic acids is 3. The Labute approximate surface area is 193 Å². The van der Waals surface area contributed by atoms with Gasteiger partial charge in [0.15, 0.2) is 0 Å². The van der Waals surface area contributed by atoms with Gasteiger partial charge < -0.3 is 14.4 Å². The van der Waals surface area contributed by atoms with Crippen molar-refractivity contribution < 1.29 is 28.2 Å². The van der Waals surface area contributed by atoms with Crippen LogP contribution in [0.1, 0.15) is 36.9 Å². The Morgan fingerprint density at radius 2 is 1.82 bits per heavy atom. The first kappa shape index (κ1) is 24.4. The number of hydrogen-bond donors (Lipinski definition) is 0. The normalized spacial score (nSPS) is 19.0. The molecule has 176 valence electrons. The fourth-order valence-electron chi connectivity index (χ4n) is 4.21. The van der Waals surface area contributed by atoms with Crippen molar-refractivity contribution in [3.05, 3.63) is 65.5 Å². The van der Waals surface area contributed by atoms with Gasteiger partial charge in [-0.25, -0.2) is 4.39 Å². The highest BCUT2D eigenvalue weighted by atomic mass is 19.1. The van der Waals surface area contributed by atoms with Gasteiger partial charge in [-0.1, -0.05) is 30.3 Å². The third-order valence-electron chi connectivity index (χ3n) is 6.34. The van der Waals surface area contributed by atoms with Crippen molar-refractivity contribution in [3.8, 4) is 5.75 Å². The molecule has 0 unspecified atom stereocenters. The number of methoxy groups -OCH3 is 2. The van der Waals surface area contributed by atoms with E-state index in [1.54, 1.807) is 32.4 Å². The van der Waals surface area contributed by atoms with Crippen LogP contribution in [0.2, 0.25) is 0 Å². The number of ether oxygens (including phenoxy) is 2. The molecule has 33 heavy (non-hydrogen) atoms. The first-order chi connectivity index (χ1) is 15.7. The molecule has 2 atom stereocenters. The summed E-state index contributed by atoms with van der Waals surface area (Å²) >= 11 is 0. The SMILES string of the molecule is COCCN1C(=O)C[C@](CC(=O)N(C)[C@H](C)c2ccc(OC)cc2)(c2ccccc2F)C1=O. The molecular formula is C25H29FN2O5. The van der Waals surface area contributed by atoms with Crippen LogP contribution in [0.5, 0.6) is 5.75 Å². The number of likely N-dealkylation sites (tertiary alicyclic amines) is 1. The number of halogens is 1. The second-order valence-electron chi connectivity index (χ2n) is 8.21. The highest BCUT2D eigenvalue weighted by Crippen LogP contribution is 2.41. The molecule has 3 amide bonds. The summed E-state index contributed by atoms with van der Waals surface area (Å²) in [4.78, 5) is 42.2. The molecule has 2 aromatic carbocycles. The van der Waals surface area contributed by atoms with Gasteiger partial charge in [0.2, 0.25) is 17.7 Å². The van der Waals surface area contributed by atoms with Crippen LogP contribution in [0, 0.1) is 5.82 Å². The molecule has 0 bridgehead atoms. The van der Waals surface area contributed by atoms with Crippen molar-refractivity contribution in [1.82, 2.24) is 9.80 Å². The Balaban J connectivity index is 1.92. The molecule has 2 aromatic rings. The van der Waals surface area contributed by atoms with Gasteiger partial charge in [-0.3, -0.25) is 19.3 Å². The minimum Gasteiger partial charge on any atom is -0.497 e. The molecule has 3 rings (SSSR count). The third-order valence-corrected chi connectivity index (χ3v) is 6.34. The fraction of sp³-hybridized carbons (Fsp3) is 0.400. The molecule has 0 saturated carbocycles. The van der Waals surface area contributed by atoms with Crippen molar-refractivity contribution in [2.75, 3.05) is 34.4 Å². The van der Waals surface area contributed by atoms with E-state index in [1.807, 2.05) is 19.1 Å². The van der Waals surface area contributed by atoms with Crippen molar-refractivity contribution in [1.29, 1.82) is 0 Å². The van der Waals surface area contributed by atoms with Gasteiger partial charge in [0.1, 0.15) is 11.6 Å². The van der Waals surface area contributed by atoms with Crippen molar-refractivity contribution in [3.63, 3.8) is 0 Å². The first-order valence-electron chi connectivity index (χ1n) is 10.7. The topological polar surface area (TPSA) is 76.2 Å². The summed E-state index contributed by atoms with van der Waals surface area (Å²) < 4.78 is 25.1. The smallest absolute Gasteiger partial charge is 0.241 e. The van der Waals surface area contributed by atoms with E-state index in [0.29, 0.717) is 5.75 Å². The van der Waals surface area contributed by atoms with Crippen LogP contribution in [-0.2, 0) is 24.5 Å². The lowest BCUT2D eigenvalue weighted by Gasteiger charge is -2.32. The highest BCUT2D eigenvalue weighted by Gasteiger charge is 2.55. The average Bonchev–Trinajstić information content (AvgIpc) is 3.06. The van der Waals surface area contributed by atoms with E-state index in [0.717, 1.165) is 10.5 Å². The van der Waals surface area contributed by atoms with Gasteiger partial charge in [-0.15, -0.1) is 0 Å². The fourth-order valence-corrected chi connectivity index (χ4v) is 4.21. The van der Waals surface area contributed by atoms with Gasteiger partial charge in [0.25, 0.3) is 0 Å². The molecule has 1 aliphatic heterocycles. The number of hydrogen-bond acceptors (Lipinski definition) is 5. The zero-order valence-corrected chi connectivity index (χ0v) is 19.3. The summed E-state index contributed by atoms with van der Waals surface area (Å²) in [6.45, 7) is 2.08. The van der Waals surface area contributed by atoms with Gasteiger partial charge in [0.05, 0.1) is 31.7 Å². The molecule has 0 aromatic heterocycles. The Morgan fingerprint density at radius 3 is 2.42 bits per heavy atom. The van der Waals surface area contributed by atoms with Crippen LogP contribution in [-0.4, -0.2) is 61.9 Å². The van der Waals surface area contributed by atoms with Crippen LogP contribution in [0.3, 0.4) is 0 Å². The molecular weight excluding hydrogens is 427 g/mol. The van der Waals surface area contributed by atoms with E-state index in [2.05, 4.69) is 0 Å². The second kappa shape index (κ2) is 10.1. The summed E-state index contributed by atoms with van der Waals surface area (Å²) in [5, 5.41) is 0. The number of benzene rings is 2. The minimum absolute atomic E-state index is 0.0522. The molecule has 1 heterocycles. The predicted octanol–water partition coefficient (Wildman–Crippen LogP) is 3.09. The molecule has 0 radical (unpaired) electrons. The highest BCUT2D eigenvalue weighted by molar-refractivity contribution is 6.10. The largest absolute Gasteiger partial charge is 0.497 e. The molecule has 1 aliphatic rings. The lowest BCUT2D eigenvalue weighted by Crippen LogP contribution is -2.44. The van der Waals surface area contributed by atoms with Gasteiger partial charge >= 0.3 is 0 Å². The van der Waals surface area contributed by atoms with E-state index >= 15 is 0 Å². The monoisotopic (exact) mass is 456 g/mol. The van der Waals surface area contributed by atoms with Crippen LogP contribution < -0.4 is 4.74 Å². The Morgan fingerprint density at radius 1 is 1.15 bits per heavy atom. The number of amides is 3. The number of carbonyl (C=O) groups is 3. The summed E-state index contributed by atoms with van der Waals surface area (Å²) in [7, 11) is 4.68. The van der Waals surface area contributed by atoms with E-state index in [1.165, 1.54) is 30.2 Å². The Hall–Kier alpha value is -3.26. The molecule has 7 nitrogen and oxygen atoms in total. The Kier molecular flexibility index (Phi) is 7.48. The third kappa shape index (κ3) is 4.75. The molecule has 8 heteroatoms. The van der Waals surface area contributed by atoms with E-state index in [-0.39, 0.29) is 43.5 Å². The molecule has 1 fully saturated rings. The standard InChI is InChI=1S/C25H29FN2O5/c1-17(18-9-11-19(33-4)12-10-18)27(2)22(29)15-25(20-7-5-6-8-21(20)26)16-23(30)28(24(25)31)13-14-32-3/h5-12,17H,13-16H2,1-4H3/t17-,25-/m1/s1. The number of imide groups is 1. The lowest BCUT2D eigenvalue weighted by molar-refractivity contribution is -0.143. The van der Waals surface area contributed by atoms with Crippen molar-refractivity contribution >= 4 is 17.7 Å². The van der Waals surface area contributed by atoms with Gasteiger partial charge in [0, 0.05) is 32.6 Å². The Bertz CT molecular complexity index is 1030. The minimum atomic E-state index is -1.60. The number of rotatable bonds is 9.